The standard InChI is InChI=1S/C11H12N2O3/c1-13-7-8(4-5-10(14)15)12-11(13)9-3-2-6-16-9/h2-3,6-7H,4-5H2,1H3,(H,14,15). The van der Waals surface area contributed by atoms with E-state index in [4.69, 9.17) is 9.52 Å². The maximum atomic E-state index is 10.4. The average Bonchev–Trinajstić information content (AvgIpc) is 2.83. The number of hydrogen-bond acceptors (Lipinski definition) is 3. The second-order valence-electron chi connectivity index (χ2n) is 3.54. The summed E-state index contributed by atoms with van der Waals surface area (Å²) in [4.78, 5) is 14.8. The van der Waals surface area contributed by atoms with Crippen molar-refractivity contribution in [1.29, 1.82) is 0 Å². The van der Waals surface area contributed by atoms with Crippen molar-refractivity contribution in [2.24, 2.45) is 7.05 Å². The number of hydrogen-bond donors (Lipinski definition) is 1. The molecule has 0 amide bonds. The Kier molecular flexibility index (Phi) is 2.76. The molecule has 0 aliphatic carbocycles. The SMILES string of the molecule is Cn1cc(CCC(=O)O)nc1-c1ccco1. The highest BCUT2D eigenvalue weighted by Gasteiger charge is 2.10. The van der Waals surface area contributed by atoms with Gasteiger partial charge in [-0.15, -0.1) is 0 Å². The van der Waals surface area contributed by atoms with Crippen LogP contribution in [0.5, 0.6) is 0 Å². The lowest BCUT2D eigenvalue weighted by Crippen LogP contribution is -1.97. The summed E-state index contributed by atoms with van der Waals surface area (Å²) in [5.74, 6) is 0.583. The van der Waals surface area contributed by atoms with Crippen molar-refractivity contribution >= 4 is 5.97 Å². The van der Waals surface area contributed by atoms with E-state index in [1.54, 1.807) is 12.3 Å². The Morgan fingerprint density at radius 1 is 1.62 bits per heavy atom. The van der Waals surface area contributed by atoms with Crippen LogP contribution in [0, 0.1) is 0 Å². The zero-order valence-corrected chi connectivity index (χ0v) is 8.88. The summed E-state index contributed by atoms with van der Waals surface area (Å²) >= 11 is 0. The molecule has 5 nitrogen and oxygen atoms in total. The normalized spacial score (nSPS) is 10.6. The van der Waals surface area contributed by atoms with Crippen LogP contribution in [0.15, 0.2) is 29.0 Å². The number of imidazole rings is 1. The summed E-state index contributed by atoms with van der Waals surface area (Å²) in [5.41, 5.74) is 0.760. The maximum absolute atomic E-state index is 10.4. The minimum Gasteiger partial charge on any atom is -0.481 e. The highest BCUT2D eigenvalue weighted by molar-refractivity contribution is 5.67. The van der Waals surface area contributed by atoms with Crippen LogP contribution >= 0.6 is 0 Å². The van der Waals surface area contributed by atoms with Crippen molar-refractivity contribution < 1.29 is 14.3 Å². The lowest BCUT2D eigenvalue weighted by molar-refractivity contribution is -0.136. The Bertz CT molecular complexity index is 485. The summed E-state index contributed by atoms with van der Waals surface area (Å²) in [6, 6.07) is 3.62. The van der Waals surface area contributed by atoms with Crippen molar-refractivity contribution in [2.45, 2.75) is 12.8 Å². The molecule has 16 heavy (non-hydrogen) atoms. The van der Waals surface area contributed by atoms with Crippen molar-refractivity contribution in [3.05, 3.63) is 30.3 Å². The van der Waals surface area contributed by atoms with E-state index < -0.39 is 5.97 Å². The first-order valence-electron chi connectivity index (χ1n) is 4.94. The van der Waals surface area contributed by atoms with Gasteiger partial charge in [-0.05, 0) is 12.1 Å². The third-order valence-corrected chi connectivity index (χ3v) is 2.26. The fraction of sp³-hybridized carbons (Fsp3) is 0.273. The molecule has 2 aromatic heterocycles. The van der Waals surface area contributed by atoms with Crippen LogP contribution in [0.2, 0.25) is 0 Å². The molecule has 84 valence electrons. The molecule has 2 rings (SSSR count). The smallest absolute Gasteiger partial charge is 0.303 e. The first-order chi connectivity index (χ1) is 7.66. The molecule has 5 heteroatoms. The highest BCUT2D eigenvalue weighted by atomic mass is 16.4. The molecule has 2 heterocycles. The molecule has 0 radical (unpaired) electrons. The van der Waals surface area contributed by atoms with Gasteiger partial charge in [0.1, 0.15) is 0 Å². The van der Waals surface area contributed by atoms with Crippen LogP contribution in [0.4, 0.5) is 0 Å². The zero-order valence-electron chi connectivity index (χ0n) is 8.88. The van der Waals surface area contributed by atoms with E-state index in [1.165, 1.54) is 0 Å². The first-order valence-corrected chi connectivity index (χ1v) is 4.94. The van der Waals surface area contributed by atoms with E-state index in [2.05, 4.69) is 4.98 Å². The molecular weight excluding hydrogens is 208 g/mol. The molecule has 0 aliphatic heterocycles. The van der Waals surface area contributed by atoms with Gasteiger partial charge in [-0.3, -0.25) is 4.79 Å². The van der Waals surface area contributed by atoms with E-state index in [0.717, 1.165) is 5.69 Å². The van der Waals surface area contributed by atoms with Gasteiger partial charge < -0.3 is 14.1 Å². The molecular formula is C11H12N2O3. The Balaban J connectivity index is 2.19. The van der Waals surface area contributed by atoms with Gasteiger partial charge in [0.2, 0.25) is 0 Å². The van der Waals surface area contributed by atoms with Crippen LogP contribution in [0.3, 0.4) is 0 Å². The fourth-order valence-electron chi connectivity index (χ4n) is 1.52. The Morgan fingerprint density at radius 2 is 2.44 bits per heavy atom. The summed E-state index contributed by atoms with van der Waals surface area (Å²) < 4.78 is 7.07. The van der Waals surface area contributed by atoms with Crippen LogP contribution < -0.4 is 0 Å². The van der Waals surface area contributed by atoms with Crippen LogP contribution in [0.1, 0.15) is 12.1 Å². The van der Waals surface area contributed by atoms with Crippen molar-refractivity contribution in [3.8, 4) is 11.6 Å². The number of carboxylic acid groups (broad SMARTS) is 1. The van der Waals surface area contributed by atoms with E-state index in [-0.39, 0.29) is 6.42 Å². The van der Waals surface area contributed by atoms with Gasteiger partial charge in [-0.1, -0.05) is 0 Å². The number of rotatable bonds is 4. The molecule has 0 atom stereocenters. The van der Waals surface area contributed by atoms with Gasteiger partial charge in [-0.2, -0.15) is 0 Å². The number of aliphatic carboxylic acids is 1. The van der Waals surface area contributed by atoms with Gasteiger partial charge in [0.15, 0.2) is 11.6 Å². The number of carbonyl (C=O) groups is 1. The second-order valence-corrected chi connectivity index (χ2v) is 3.54. The maximum Gasteiger partial charge on any atom is 0.303 e. The van der Waals surface area contributed by atoms with Crippen LogP contribution in [-0.2, 0) is 18.3 Å². The average molecular weight is 220 g/mol. The van der Waals surface area contributed by atoms with Gasteiger partial charge >= 0.3 is 5.97 Å². The summed E-state index contributed by atoms with van der Waals surface area (Å²) in [6.07, 6.45) is 3.93. The Labute approximate surface area is 92.3 Å². The largest absolute Gasteiger partial charge is 0.481 e. The fourth-order valence-corrected chi connectivity index (χ4v) is 1.52. The molecule has 1 N–H and O–H groups in total. The molecule has 0 fully saturated rings. The lowest BCUT2D eigenvalue weighted by atomic mass is 10.2. The summed E-state index contributed by atoms with van der Waals surface area (Å²) in [6.45, 7) is 0. The predicted molar refractivity (Wildman–Crippen MR) is 56.9 cm³/mol. The van der Waals surface area contributed by atoms with E-state index in [9.17, 15) is 4.79 Å². The van der Waals surface area contributed by atoms with E-state index in [1.807, 2.05) is 23.9 Å². The van der Waals surface area contributed by atoms with Crippen LogP contribution in [0.25, 0.3) is 11.6 Å². The minimum atomic E-state index is -0.815. The van der Waals surface area contributed by atoms with Gasteiger partial charge in [0.25, 0.3) is 0 Å². The van der Waals surface area contributed by atoms with Crippen molar-refractivity contribution in [3.63, 3.8) is 0 Å². The monoisotopic (exact) mass is 220 g/mol. The third-order valence-electron chi connectivity index (χ3n) is 2.26. The van der Waals surface area contributed by atoms with E-state index >= 15 is 0 Å². The summed E-state index contributed by atoms with van der Waals surface area (Å²) in [7, 11) is 1.86. The first kappa shape index (κ1) is 10.5. The number of carboxylic acids is 1. The molecule has 0 saturated carbocycles. The highest BCUT2D eigenvalue weighted by Crippen LogP contribution is 2.18. The molecule has 2 aromatic rings. The van der Waals surface area contributed by atoms with Gasteiger partial charge in [0.05, 0.1) is 18.4 Å². The summed E-state index contributed by atoms with van der Waals surface area (Å²) in [5, 5.41) is 8.58. The Morgan fingerprint density at radius 3 is 3.06 bits per heavy atom. The Hall–Kier alpha value is -2.04. The molecule has 0 aromatic carbocycles. The molecule has 0 unspecified atom stereocenters. The molecule has 0 saturated heterocycles. The number of nitrogens with zero attached hydrogens (tertiary/aromatic N) is 2. The molecule has 0 bridgehead atoms. The number of furan rings is 1. The third kappa shape index (κ3) is 2.13. The lowest BCUT2D eigenvalue weighted by Gasteiger charge is -1.94. The zero-order chi connectivity index (χ0) is 11.5. The van der Waals surface area contributed by atoms with Gasteiger partial charge in [0, 0.05) is 19.7 Å². The van der Waals surface area contributed by atoms with Gasteiger partial charge in [-0.25, -0.2) is 4.98 Å². The van der Waals surface area contributed by atoms with Crippen molar-refractivity contribution in [2.75, 3.05) is 0 Å². The second kappa shape index (κ2) is 4.22. The minimum absolute atomic E-state index is 0.0919. The molecule has 0 aliphatic rings. The number of aromatic nitrogens is 2. The predicted octanol–water partition coefficient (Wildman–Crippen LogP) is 1.70. The quantitative estimate of drug-likeness (QED) is 0.851. The number of aryl methyl sites for hydroxylation is 2. The topological polar surface area (TPSA) is 68.3 Å². The van der Waals surface area contributed by atoms with Crippen LogP contribution in [-0.4, -0.2) is 20.6 Å². The van der Waals surface area contributed by atoms with Crippen molar-refractivity contribution in [1.82, 2.24) is 9.55 Å². The van der Waals surface area contributed by atoms with E-state index in [0.29, 0.717) is 18.0 Å². The molecule has 0 spiro atoms.